The zero-order chi connectivity index (χ0) is 26.0. The Bertz CT molecular complexity index is 890. The standard InChI is InChI=1S/C21H31N5O8/c1-10(2)17(26-19(31)15(9-27)25-18(30)13(22)8-16(23)29)20(32)24-14(21(33)34)7-11-3-5-12(28)6-4-11/h3-6,10,13-15,17,27-28H,7-9,22H2,1-2H3,(H2,23,29)(H,24,32)(H,25,30)(H,26,31)(H,33,34). The zero-order valence-electron chi connectivity index (χ0n) is 18.9. The monoisotopic (exact) mass is 481 g/mol. The minimum Gasteiger partial charge on any atom is -0.508 e. The van der Waals surface area contributed by atoms with Gasteiger partial charge in [-0.05, 0) is 23.6 Å². The maximum absolute atomic E-state index is 12.8. The van der Waals surface area contributed by atoms with Crippen molar-refractivity contribution in [2.75, 3.05) is 6.61 Å². The predicted molar refractivity (Wildman–Crippen MR) is 119 cm³/mol. The molecule has 1 aromatic rings. The van der Waals surface area contributed by atoms with Crippen LogP contribution in [0.3, 0.4) is 0 Å². The lowest BCUT2D eigenvalue weighted by Crippen LogP contribution is -2.59. The molecule has 0 bridgehead atoms. The number of nitrogens with one attached hydrogen (secondary N) is 3. The summed E-state index contributed by atoms with van der Waals surface area (Å²) in [6.07, 6.45) is -0.548. The first kappa shape index (κ1) is 28.3. The molecular formula is C21H31N5O8. The smallest absolute Gasteiger partial charge is 0.326 e. The molecule has 13 heteroatoms. The number of rotatable bonds is 13. The number of amides is 4. The lowest BCUT2D eigenvalue weighted by atomic mass is 10.0. The molecule has 1 rings (SSSR count). The summed E-state index contributed by atoms with van der Waals surface area (Å²) in [5.41, 5.74) is 11.0. The van der Waals surface area contributed by atoms with Crippen molar-refractivity contribution in [2.45, 2.75) is 50.9 Å². The molecule has 0 aromatic heterocycles. The summed E-state index contributed by atoms with van der Waals surface area (Å²) in [6, 6.07) is 0.451. The second-order valence-electron chi connectivity index (χ2n) is 8.02. The van der Waals surface area contributed by atoms with Gasteiger partial charge in [-0.3, -0.25) is 19.2 Å². The number of carboxylic acid groups (broad SMARTS) is 1. The van der Waals surface area contributed by atoms with E-state index in [9.17, 15) is 39.3 Å². The minimum atomic E-state index is -1.48. The van der Waals surface area contributed by atoms with Gasteiger partial charge in [0.05, 0.1) is 19.1 Å². The Labute approximate surface area is 195 Å². The molecule has 0 fully saturated rings. The van der Waals surface area contributed by atoms with E-state index in [1.165, 1.54) is 24.3 Å². The average molecular weight is 482 g/mol. The molecule has 4 atom stereocenters. The number of benzene rings is 1. The van der Waals surface area contributed by atoms with E-state index in [-0.39, 0.29) is 12.2 Å². The maximum Gasteiger partial charge on any atom is 0.326 e. The molecule has 0 heterocycles. The van der Waals surface area contributed by atoms with E-state index in [0.29, 0.717) is 5.56 Å². The molecule has 10 N–H and O–H groups in total. The van der Waals surface area contributed by atoms with E-state index in [0.717, 1.165) is 0 Å². The zero-order valence-corrected chi connectivity index (χ0v) is 18.9. The van der Waals surface area contributed by atoms with E-state index in [1.54, 1.807) is 13.8 Å². The highest BCUT2D eigenvalue weighted by molar-refractivity contribution is 5.95. The number of aromatic hydroxyl groups is 1. The van der Waals surface area contributed by atoms with Crippen molar-refractivity contribution < 1.29 is 39.3 Å². The topological polar surface area (TPSA) is 234 Å². The number of carbonyl (C=O) groups is 5. The van der Waals surface area contributed by atoms with Crippen molar-refractivity contribution in [1.29, 1.82) is 0 Å². The molecular weight excluding hydrogens is 450 g/mol. The Morgan fingerprint density at radius 3 is 1.94 bits per heavy atom. The molecule has 4 unspecified atom stereocenters. The van der Waals surface area contributed by atoms with Gasteiger partial charge in [-0.1, -0.05) is 26.0 Å². The van der Waals surface area contributed by atoms with Gasteiger partial charge in [-0.15, -0.1) is 0 Å². The van der Waals surface area contributed by atoms with Gasteiger partial charge in [0.25, 0.3) is 0 Å². The number of carboxylic acids is 1. The largest absolute Gasteiger partial charge is 0.508 e. The lowest BCUT2D eigenvalue weighted by Gasteiger charge is -2.26. The quantitative estimate of drug-likeness (QED) is 0.146. The molecule has 0 aliphatic carbocycles. The molecule has 34 heavy (non-hydrogen) atoms. The average Bonchev–Trinajstić information content (AvgIpc) is 2.75. The van der Waals surface area contributed by atoms with Crippen molar-refractivity contribution >= 4 is 29.6 Å². The Morgan fingerprint density at radius 2 is 1.47 bits per heavy atom. The number of phenols is 1. The minimum absolute atomic E-state index is 0.00311. The van der Waals surface area contributed by atoms with E-state index < -0.39 is 72.7 Å². The fourth-order valence-corrected chi connectivity index (χ4v) is 2.90. The summed E-state index contributed by atoms with van der Waals surface area (Å²) in [7, 11) is 0. The van der Waals surface area contributed by atoms with E-state index in [4.69, 9.17) is 11.5 Å². The van der Waals surface area contributed by atoms with Crippen molar-refractivity contribution in [2.24, 2.45) is 17.4 Å². The Balaban J connectivity index is 2.87. The number of phenolic OH excluding ortho intramolecular Hbond substituents is 1. The molecule has 0 aliphatic rings. The molecule has 4 amide bonds. The van der Waals surface area contributed by atoms with Crippen molar-refractivity contribution in [3.63, 3.8) is 0 Å². The van der Waals surface area contributed by atoms with Crippen LogP contribution in [0.15, 0.2) is 24.3 Å². The molecule has 13 nitrogen and oxygen atoms in total. The molecule has 188 valence electrons. The fourth-order valence-electron chi connectivity index (χ4n) is 2.90. The second kappa shape index (κ2) is 13.1. The maximum atomic E-state index is 12.8. The number of aliphatic carboxylic acids is 1. The molecule has 0 saturated carbocycles. The van der Waals surface area contributed by atoms with Crippen LogP contribution >= 0.6 is 0 Å². The van der Waals surface area contributed by atoms with Crippen LogP contribution in [0, 0.1) is 5.92 Å². The van der Waals surface area contributed by atoms with Crippen LogP contribution in [-0.2, 0) is 30.4 Å². The first-order chi connectivity index (χ1) is 15.8. The normalized spacial score (nSPS) is 14.4. The second-order valence-corrected chi connectivity index (χ2v) is 8.02. The number of hydrogen-bond acceptors (Lipinski definition) is 8. The van der Waals surface area contributed by atoms with Crippen LogP contribution in [0.2, 0.25) is 0 Å². The summed E-state index contributed by atoms with van der Waals surface area (Å²) < 4.78 is 0. The van der Waals surface area contributed by atoms with Crippen LogP contribution in [0.5, 0.6) is 5.75 Å². The van der Waals surface area contributed by atoms with Gasteiger partial charge in [0.1, 0.15) is 23.9 Å². The lowest BCUT2D eigenvalue weighted by molar-refractivity contribution is -0.142. The van der Waals surface area contributed by atoms with Crippen LogP contribution in [0.1, 0.15) is 25.8 Å². The number of aliphatic hydroxyl groups excluding tert-OH is 1. The van der Waals surface area contributed by atoms with E-state index >= 15 is 0 Å². The summed E-state index contributed by atoms with van der Waals surface area (Å²) >= 11 is 0. The van der Waals surface area contributed by atoms with Gasteiger partial charge in [0, 0.05) is 6.42 Å². The van der Waals surface area contributed by atoms with Crippen LogP contribution in [0.25, 0.3) is 0 Å². The summed E-state index contributed by atoms with van der Waals surface area (Å²) in [6.45, 7) is 2.39. The van der Waals surface area contributed by atoms with Gasteiger partial charge >= 0.3 is 5.97 Å². The van der Waals surface area contributed by atoms with Gasteiger partial charge in [0.2, 0.25) is 23.6 Å². The number of carbonyl (C=O) groups excluding carboxylic acids is 4. The Kier molecular flexibility index (Phi) is 10.9. The highest BCUT2D eigenvalue weighted by Gasteiger charge is 2.32. The highest BCUT2D eigenvalue weighted by atomic mass is 16.4. The third-order valence-corrected chi connectivity index (χ3v) is 4.81. The number of nitrogens with two attached hydrogens (primary N) is 2. The first-order valence-corrected chi connectivity index (χ1v) is 10.4. The molecule has 0 radical (unpaired) electrons. The molecule has 0 aliphatic heterocycles. The van der Waals surface area contributed by atoms with Gasteiger partial charge < -0.3 is 42.7 Å². The third-order valence-electron chi connectivity index (χ3n) is 4.81. The van der Waals surface area contributed by atoms with E-state index in [1.807, 2.05) is 0 Å². The summed E-state index contributed by atoms with van der Waals surface area (Å²) in [5, 5.41) is 35.3. The predicted octanol–water partition coefficient (Wildman–Crippen LogP) is -2.68. The molecule has 0 saturated heterocycles. The van der Waals surface area contributed by atoms with Crippen LogP contribution in [0.4, 0.5) is 0 Å². The van der Waals surface area contributed by atoms with Crippen molar-refractivity contribution in [1.82, 2.24) is 16.0 Å². The van der Waals surface area contributed by atoms with Crippen molar-refractivity contribution in [3.05, 3.63) is 29.8 Å². The summed E-state index contributed by atoms with van der Waals surface area (Å²) in [4.78, 5) is 60.0. The number of primary amides is 1. The molecule has 0 spiro atoms. The SMILES string of the molecule is CC(C)C(NC(=O)C(CO)NC(=O)C(N)CC(N)=O)C(=O)NC(Cc1ccc(O)cc1)C(=O)O. The highest BCUT2D eigenvalue weighted by Crippen LogP contribution is 2.12. The number of hydrogen-bond donors (Lipinski definition) is 8. The van der Waals surface area contributed by atoms with Gasteiger partial charge in [-0.2, -0.15) is 0 Å². The van der Waals surface area contributed by atoms with Crippen LogP contribution < -0.4 is 27.4 Å². The van der Waals surface area contributed by atoms with Crippen LogP contribution in [-0.4, -0.2) is 75.7 Å². The number of aliphatic hydroxyl groups is 1. The Morgan fingerprint density at radius 1 is 0.912 bits per heavy atom. The Hall–Kier alpha value is -3.71. The summed E-state index contributed by atoms with van der Waals surface area (Å²) in [5.74, 6) is -5.23. The third kappa shape index (κ3) is 9.03. The molecule has 1 aromatic carbocycles. The van der Waals surface area contributed by atoms with Gasteiger partial charge in [-0.25, -0.2) is 4.79 Å². The first-order valence-electron chi connectivity index (χ1n) is 10.4. The fraction of sp³-hybridized carbons (Fsp3) is 0.476. The van der Waals surface area contributed by atoms with E-state index in [2.05, 4.69) is 16.0 Å². The van der Waals surface area contributed by atoms with Gasteiger partial charge in [0.15, 0.2) is 0 Å². The van der Waals surface area contributed by atoms with Crippen molar-refractivity contribution in [3.8, 4) is 5.75 Å².